The van der Waals surface area contributed by atoms with Gasteiger partial charge in [-0.15, -0.1) is 0 Å². The van der Waals surface area contributed by atoms with Crippen molar-refractivity contribution in [2.75, 3.05) is 0 Å². The molecule has 0 atom stereocenters. The fourth-order valence-corrected chi connectivity index (χ4v) is 1.61. The Balaban J connectivity index is 2.28. The van der Waals surface area contributed by atoms with E-state index in [0.717, 1.165) is 12.1 Å². The molecule has 1 aromatic carbocycles. The van der Waals surface area contributed by atoms with E-state index in [-0.39, 0.29) is 0 Å². The van der Waals surface area contributed by atoms with E-state index in [1.807, 2.05) is 12.1 Å². The summed E-state index contributed by atoms with van der Waals surface area (Å²) in [5.41, 5.74) is 4.95. The van der Waals surface area contributed by atoms with Gasteiger partial charge in [-0.3, -0.25) is 0 Å². The van der Waals surface area contributed by atoms with E-state index < -0.39 is 0 Å². The molecule has 0 aliphatic heterocycles. The van der Waals surface area contributed by atoms with Crippen LogP contribution in [0, 0.1) is 13.8 Å². The van der Waals surface area contributed by atoms with Crippen LogP contribution in [0.5, 0.6) is 0 Å². The Kier molecular flexibility index (Phi) is 2.77. The number of rotatable bonds is 2. The summed E-state index contributed by atoms with van der Waals surface area (Å²) in [7, 11) is 0. The van der Waals surface area contributed by atoms with Crippen LogP contribution in [0.1, 0.15) is 22.4 Å². The van der Waals surface area contributed by atoms with E-state index in [9.17, 15) is 0 Å². The summed E-state index contributed by atoms with van der Waals surface area (Å²) in [6, 6.07) is 10.4. The standard InChI is InChI=1S/C13H14N2/c1-10-5-6-11(2)12(8-10)9-13-4-3-7-14-15-13/h3-8H,9H2,1-2H3. The SMILES string of the molecule is Cc1ccc(C)c(Cc2cccnn2)c1. The minimum Gasteiger partial charge on any atom is -0.159 e. The second-order valence-corrected chi connectivity index (χ2v) is 3.82. The van der Waals surface area contributed by atoms with E-state index in [1.165, 1.54) is 16.7 Å². The molecular weight excluding hydrogens is 184 g/mol. The van der Waals surface area contributed by atoms with Crippen LogP contribution in [0.15, 0.2) is 36.5 Å². The minimum atomic E-state index is 0.862. The minimum absolute atomic E-state index is 0.862. The van der Waals surface area contributed by atoms with Gasteiger partial charge < -0.3 is 0 Å². The molecule has 1 heterocycles. The van der Waals surface area contributed by atoms with Crippen molar-refractivity contribution in [3.8, 4) is 0 Å². The fraction of sp³-hybridized carbons (Fsp3) is 0.231. The van der Waals surface area contributed by atoms with Crippen molar-refractivity contribution >= 4 is 0 Å². The molecule has 0 fully saturated rings. The van der Waals surface area contributed by atoms with Crippen molar-refractivity contribution < 1.29 is 0 Å². The first kappa shape index (κ1) is 9.84. The number of hydrogen-bond acceptors (Lipinski definition) is 2. The van der Waals surface area contributed by atoms with Gasteiger partial charge in [0.15, 0.2) is 0 Å². The number of benzene rings is 1. The first-order valence-electron chi connectivity index (χ1n) is 5.08. The van der Waals surface area contributed by atoms with Crippen molar-refractivity contribution in [2.45, 2.75) is 20.3 Å². The zero-order valence-electron chi connectivity index (χ0n) is 9.07. The predicted molar refractivity (Wildman–Crippen MR) is 60.8 cm³/mol. The molecule has 0 unspecified atom stereocenters. The van der Waals surface area contributed by atoms with Crippen molar-refractivity contribution in [3.05, 3.63) is 58.9 Å². The van der Waals surface area contributed by atoms with Crippen LogP contribution in [0.3, 0.4) is 0 Å². The zero-order valence-corrected chi connectivity index (χ0v) is 9.07. The fourth-order valence-electron chi connectivity index (χ4n) is 1.61. The lowest BCUT2D eigenvalue weighted by Crippen LogP contribution is -1.96. The molecule has 0 saturated carbocycles. The highest BCUT2D eigenvalue weighted by atomic mass is 15.1. The summed E-state index contributed by atoms with van der Waals surface area (Å²) >= 11 is 0. The van der Waals surface area contributed by atoms with E-state index >= 15 is 0 Å². The van der Waals surface area contributed by atoms with Crippen molar-refractivity contribution in [1.82, 2.24) is 10.2 Å². The average molecular weight is 198 g/mol. The molecule has 0 amide bonds. The highest BCUT2D eigenvalue weighted by Crippen LogP contribution is 2.13. The Morgan fingerprint density at radius 1 is 1.13 bits per heavy atom. The highest BCUT2D eigenvalue weighted by Gasteiger charge is 2.01. The van der Waals surface area contributed by atoms with Gasteiger partial charge in [-0.1, -0.05) is 23.8 Å². The molecule has 0 saturated heterocycles. The lowest BCUT2D eigenvalue weighted by Gasteiger charge is -2.05. The number of aromatic nitrogens is 2. The lowest BCUT2D eigenvalue weighted by atomic mass is 10.0. The first-order valence-corrected chi connectivity index (χ1v) is 5.08. The second-order valence-electron chi connectivity index (χ2n) is 3.82. The third-order valence-corrected chi connectivity index (χ3v) is 2.50. The summed E-state index contributed by atoms with van der Waals surface area (Å²) in [5, 5.41) is 7.98. The van der Waals surface area contributed by atoms with Gasteiger partial charge >= 0.3 is 0 Å². The monoisotopic (exact) mass is 198 g/mol. The third kappa shape index (κ3) is 2.40. The van der Waals surface area contributed by atoms with E-state index in [4.69, 9.17) is 0 Å². The molecule has 1 aromatic heterocycles. The van der Waals surface area contributed by atoms with Crippen LogP contribution in [0.4, 0.5) is 0 Å². The van der Waals surface area contributed by atoms with Gasteiger partial charge in [0.1, 0.15) is 0 Å². The smallest absolute Gasteiger partial charge is 0.0674 e. The van der Waals surface area contributed by atoms with Gasteiger partial charge in [-0.25, -0.2) is 0 Å². The summed E-state index contributed by atoms with van der Waals surface area (Å²) in [5.74, 6) is 0. The molecule has 2 nitrogen and oxygen atoms in total. The van der Waals surface area contributed by atoms with Crippen LogP contribution in [-0.4, -0.2) is 10.2 Å². The maximum absolute atomic E-state index is 4.09. The van der Waals surface area contributed by atoms with Crippen LogP contribution < -0.4 is 0 Å². The zero-order chi connectivity index (χ0) is 10.7. The molecule has 15 heavy (non-hydrogen) atoms. The molecule has 76 valence electrons. The lowest BCUT2D eigenvalue weighted by molar-refractivity contribution is 0.932. The summed E-state index contributed by atoms with van der Waals surface area (Å²) in [4.78, 5) is 0. The molecule has 0 radical (unpaired) electrons. The van der Waals surface area contributed by atoms with Gasteiger partial charge in [0.25, 0.3) is 0 Å². The van der Waals surface area contributed by atoms with Gasteiger partial charge in [0.05, 0.1) is 5.69 Å². The summed E-state index contributed by atoms with van der Waals surface area (Å²) in [6.07, 6.45) is 2.56. The van der Waals surface area contributed by atoms with Gasteiger partial charge in [0.2, 0.25) is 0 Å². The number of hydrogen-bond donors (Lipinski definition) is 0. The van der Waals surface area contributed by atoms with E-state index in [1.54, 1.807) is 6.20 Å². The normalized spacial score (nSPS) is 10.3. The Labute approximate surface area is 90.0 Å². The van der Waals surface area contributed by atoms with Gasteiger partial charge in [0, 0.05) is 12.6 Å². The van der Waals surface area contributed by atoms with Crippen LogP contribution in [-0.2, 0) is 6.42 Å². The third-order valence-electron chi connectivity index (χ3n) is 2.50. The molecule has 0 N–H and O–H groups in total. The largest absolute Gasteiger partial charge is 0.159 e. The molecule has 2 heteroatoms. The summed E-state index contributed by atoms with van der Waals surface area (Å²) < 4.78 is 0. The van der Waals surface area contributed by atoms with Gasteiger partial charge in [-0.2, -0.15) is 10.2 Å². The van der Waals surface area contributed by atoms with Gasteiger partial charge in [-0.05, 0) is 37.1 Å². The van der Waals surface area contributed by atoms with Crippen LogP contribution in [0.25, 0.3) is 0 Å². The Morgan fingerprint density at radius 3 is 2.73 bits per heavy atom. The first-order chi connectivity index (χ1) is 7.25. The van der Waals surface area contributed by atoms with Crippen molar-refractivity contribution in [2.24, 2.45) is 0 Å². The topological polar surface area (TPSA) is 25.8 Å². The van der Waals surface area contributed by atoms with Crippen LogP contribution >= 0.6 is 0 Å². The molecule has 0 spiro atoms. The molecule has 0 bridgehead atoms. The molecule has 0 aliphatic carbocycles. The molecule has 0 aliphatic rings. The van der Waals surface area contributed by atoms with Crippen molar-refractivity contribution in [1.29, 1.82) is 0 Å². The number of nitrogens with zero attached hydrogens (tertiary/aromatic N) is 2. The highest BCUT2D eigenvalue weighted by molar-refractivity contribution is 5.33. The van der Waals surface area contributed by atoms with E-state index in [2.05, 4.69) is 42.2 Å². The molecule has 2 aromatic rings. The predicted octanol–water partition coefficient (Wildman–Crippen LogP) is 2.68. The molecule has 2 rings (SSSR count). The molecular formula is C13H14N2. The summed E-state index contributed by atoms with van der Waals surface area (Å²) in [6.45, 7) is 4.24. The maximum Gasteiger partial charge on any atom is 0.0674 e. The maximum atomic E-state index is 4.09. The van der Waals surface area contributed by atoms with Crippen LogP contribution in [0.2, 0.25) is 0 Å². The quantitative estimate of drug-likeness (QED) is 0.741. The second kappa shape index (κ2) is 4.22. The Hall–Kier alpha value is -1.70. The Bertz CT molecular complexity index is 449. The number of aryl methyl sites for hydroxylation is 2. The Morgan fingerprint density at radius 2 is 2.00 bits per heavy atom. The van der Waals surface area contributed by atoms with Crippen molar-refractivity contribution in [3.63, 3.8) is 0 Å². The average Bonchev–Trinajstić information content (AvgIpc) is 2.25. The van der Waals surface area contributed by atoms with E-state index in [0.29, 0.717) is 0 Å².